The average molecular weight is 431 g/mol. The van der Waals surface area contributed by atoms with Gasteiger partial charge in [-0.3, -0.25) is 4.79 Å². The van der Waals surface area contributed by atoms with Gasteiger partial charge in [0, 0.05) is 10.7 Å². The monoisotopic (exact) mass is 430 g/mol. The Kier molecular flexibility index (Phi) is 7.20. The van der Waals surface area contributed by atoms with Crippen LogP contribution in [0.2, 0.25) is 10.0 Å². The summed E-state index contributed by atoms with van der Waals surface area (Å²) in [6.07, 6.45) is 0. The number of esters is 1. The number of rotatable bonds is 7. The Labute approximate surface area is 166 Å². The number of hydrogen-bond donors (Lipinski definition) is 2. The number of amides is 1. The number of halogens is 2. The van der Waals surface area contributed by atoms with Crippen LogP contribution >= 0.6 is 23.2 Å². The highest BCUT2D eigenvalue weighted by molar-refractivity contribution is 7.89. The van der Waals surface area contributed by atoms with Crippen molar-refractivity contribution in [1.29, 1.82) is 0 Å². The Hall–Kier alpha value is -2.13. The van der Waals surface area contributed by atoms with E-state index in [1.54, 1.807) is 6.92 Å². The molecule has 2 rings (SSSR count). The molecule has 0 atom stereocenters. The maximum atomic E-state index is 12.3. The number of benzene rings is 2. The van der Waals surface area contributed by atoms with E-state index >= 15 is 0 Å². The van der Waals surface area contributed by atoms with Gasteiger partial charge in [0.05, 0.1) is 23.7 Å². The number of carbonyl (C=O) groups excluding carboxylic acids is 2. The Morgan fingerprint density at radius 2 is 1.74 bits per heavy atom. The van der Waals surface area contributed by atoms with E-state index in [4.69, 9.17) is 27.9 Å². The minimum atomic E-state index is -4.01. The van der Waals surface area contributed by atoms with E-state index in [1.165, 1.54) is 42.5 Å². The van der Waals surface area contributed by atoms with Crippen LogP contribution in [0.15, 0.2) is 47.4 Å². The van der Waals surface area contributed by atoms with E-state index in [1.807, 2.05) is 0 Å². The minimum Gasteiger partial charge on any atom is -0.462 e. The summed E-state index contributed by atoms with van der Waals surface area (Å²) in [5.41, 5.74) is 0.735. The maximum absolute atomic E-state index is 12.3. The molecule has 0 saturated heterocycles. The Morgan fingerprint density at radius 3 is 2.37 bits per heavy atom. The molecule has 0 radical (unpaired) electrons. The first-order valence-corrected chi connectivity index (χ1v) is 9.98. The molecule has 144 valence electrons. The molecule has 2 aromatic rings. The molecule has 0 fully saturated rings. The van der Waals surface area contributed by atoms with Gasteiger partial charge in [-0.1, -0.05) is 23.2 Å². The van der Waals surface area contributed by atoms with Crippen LogP contribution in [0.1, 0.15) is 17.3 Å². The van der Waals surface area contributed by atoms with Crippen molar-refractivity contribution in [2.45, 2.75) is 11.8 Å². The van der Waals surface area contributed by atoms with E-state index in [0.717, 1.165) is 0 Å². The van der Waals surface area contributed by atoms with Crippen molar-refractivity contribution in [2.24, 2.45) is 0 Å². The molecule has 2 N–H and O–H groups in total. The van der Waals surface area contributed by atoms with Crippen molar-refractivity contribution in [3.63, 3.8) is 0 Å². The van der Waals surface area contributed by atoms with Gasteiger partial charge in [0.25, 0.3) is 0 Å². The number of ether oxygens (including phenoxy) is 1. The molecule has 0 bridgehead atoms. The van der Waals surface area contributed by atoms with E-state index < -0.39 is 28.4 Å². The van der Waals surface area contributed by atoms with Crippen LogP contribution in [0.5, 0.6) is 0 Å². The molecule has 27 heavy (non-hydrogen) atoms. The largest absolute Gasteiger partial charge is 0.462 e. The third-order valence-corrected chi connectivity index (χ3v) is 5.40. The van der Waals surface area contributed by atoms with Crippen LogP contribution in [-0.4, -0.2) is 33.4 Å². The lowest BCUT2D eigenvalue weighted by molar-refractivity contribution is -0.115. The average Bonchev–Trinajstić information content (AvgIpc) is 2.63. The van der Waals surface area contributed by atoms with Gasteiger partial charge in [-0.15, -0.1) is 0 Å². The van der Waals surface area contributed by atoms with Crippen LogP contribution in [0.25, 0.3) is 0 Å². The van der Waals surface area contributed by atoms with E-state index in [-0.39, 0.29) is 21.5 Å². The normalized spacial score (nSPS) is 11.1. The Morgan fingerprint density at radius 1 is 1.07 bits per heavy atom. The quantitative estimate of drug-likeness (QED) is 0.657. The lowest BCUT2D eigenvalue weighted by Gasteiger charge is -2.10. The maximum Gasteiger partial charge on any atom is 0.338 e. The second-order valence-corrected chi connectivity index (χ2v) is 7.82. The summed E-state index contributed by atoms with van der Waals surface area (Å²) in [4.78, 5) is 23.3. The molecule has 0 unspecified atom stereocenters. The van der Waals surface area contributed by atoms with Crippen molar-refractivity contribution in [3.05, 3.63) is 58.1 Å². The highest BCUT2D eigenvalue weighted by Crippen LogP contribution is 2.24. The Bertz CT molecular complexity index is 946. The zero-order chi connectivity index (χ0) is 20.0. The predicted molar refractivity (Wildman–Crippen MR) is 103 cm³/mol. The van der Waals surface area contributed by atoms with Crippen LogP contribution in [-0.2, 0) is 19.6 Å². The summed E-state index contributed by atoms with van der Waals surface area (Å²) in [5.74, 6) is -1.07. The SMILES string of the molecule is CCOC(=O)c1ccc(NC(=O)CNS(=O)(=O)c2cc(Cl)ccc2Cl)cc1. The molecule has 0 aliphatic heterocycles. The van der Waals surface area contributed by atoms with Gasteiger partial charge in [0.1, 0.15) is 4.90 Å². The highest BCUT2D eigenvalue weighted by Gasteiger charge is 2.19. The van der Waals surface area contributed by atoms with Crippen LogP contribution in [0.3, 0.4) is 0 Å². The molecule has 0 spiro atoms. The van der Waals surface area contributed by atoms with E-state index in [2.05, 4.69) is 10.0 Å². The molecule has 1 amide bonds. The van der Waals surface area contributed by atoms with Gasteiger partial charge in [-0.25, -0.2) is 17.9 Å². The second kappa shape index (κ2) is 9.18. The number of sulfonamides is 1. The van der Waals surface area contributed by atoms with Crippen molar-refractivity contribution in [3.8, 4) is 0 Å². The fourth-order valence-corrected chi connectivity index (χ4v) is 3.77. The van der Waals surface area contributed by atoms with Gasteiger partial charge in [-0.2, -0.15) is 0 Å². The van der Waals surface area contributed by atoms with Gasteiger partial charge in [0.15, 0.2) is 0 Å². The van der Waals surface area contributed by atoms with E-state index in [0.29, 0.717) is 11.3 Å². The van der Waals surface area contributed by atoms with Gasteiger partial charge >= 0.3 is 5.97 Å². The lowest BCUT2D eigenvalue weighted by atomic mass is 10.2. The molecule has 2 aromatic carbocycles. The second-order valence-electron chi connectivity index (χ2n) is 5.25. The summed E-state index contributed by atoms with van der Waals surface area (Å²) in [6, 6.07) is 9.99. The number of nitrogens with one attached hydrogen (secondary N) is 2. The standard InChI is InChI=1S/C17H16Cl2N2O5S/c1-2-26-17(23)11-3-6-13(7-4-11)21-16(22)10-20-27(24,25)15-9-12(18)5-8-14(15)19/h3-9,20H,2,10H2,1H3,(H,21,22). The molecule has 0 aliphatic rings. The first-order valence-electron chi connectivity index (χ1n) is 7.74. The molecule has 0 aromatic heterocycles. The molecule has 0 saturated carbocycles. The number of carbonyl (C=O) groups is 2. The fourth-order valence-electron chi connectivity index (χ4n) is 2.03. The summed E-state index contributed by atoms with van der Waals surface area (Å²) >= 11 is 11.7. The third-order valence-electron chi connectivity index (χ3n) is 3.29. The molecule has 7 nitrogen and oxygen atoms in total. The molecule has 0 aliphatic carbocycles. The molecule has 10 heteroatoms. The molecule has 0 heterocycles. The first-order chi connectivity index (χ1) is 12.7. The van der Waals surface area contributed by atoms with Crippen LogP contribution in [0, 0.1) is 0 Å². The topological polar surface area (TPSA) is 102 Å². The van der Waals surface area contributed by atoms with Crippen LogP contribution in [0.4, 0.5) is 5.69 Å². The fraction of sp³-hybridized carbons (Fsp3) is 0.176. The zero-order valence-corrected chi connectivity index (χ0v) is 16.5. The number of hydrogen-bond acceptors (Lipinski definition) is 5. The van der Waals surface area contributed by atoms with Crippen LogP contribution < -0.4 is 10.0 Å². The van der Waals surface area contributed by atoms with Crippen molar-refractivity contribution >= 4 is 50.8 Å². The van der Waals surface area contributed by atoms with Gasteiger partial charge in [0.2, 0.25) is 15.9 Å². The highest BCUT2D eigenvalue weighted by atomic mass is 35.5. The molecular formula is C17H16Cl2N2O5S. The lowest BCUT2D eigenvalue weighted by Crippen LogP contribution is -2.33. The summed E-state index contributed by atoms with van der Waals surface area (Å²) in [7, 11) is -4.01. The predicted octanol–water partition coefficient (Wildman–Crippen LogP) is 3.09. The summed E-state index contributed by atoms with van der Waals surface area (Å²) in [5, 5.41) is 2.70. The van der Waals surface area contributed by atoms with E-state index in [9.17, 15) is 18.0 Å². The summed E-state index contributed by atoms with van der Waals surface area (Å²) in [6.45, 7) is 1.45. The zero-order valence-electron chi connectivity index (χ0n) is 14.2. The minimum absolute atomic E-state index is 0.0122. The molecular weight excluding hydrogens is 415 g/mol. The smallest absolute Gasteiger partial charge is 0.338 e. The van der Waals surface area contributed by atoms with Crippen molar-refractivity contribution < 1.29 is 22.7 Å². The van der Waals surface area contributed by atoms with Gasteiger partial charge < -0.3 is 10.1 Å². The van der Waals surface area contributed by atoms with Gasteiger partial charge in [-0.05, 0) is 49.4 Å². The summed E-state index contributed by atoms with van der Waals surface area (Å²) < 4.78 is 31.5. The number of anilines is 1. The Balaban J connectivity index is 1.97. The van der Waals surface area contributed by atoms with Crippen molar-refractivity contribution in [1.82, 2.24) is 4.72 Å². The third kappa shape index (κ3) is 5.93. The van der Waals surface area contributed by atoms with Crippen molar-refractivity contribution in [2.75, 3.05) is 18.5 Å². The first kappa shape index (κ1) is 21.2.